The first-order valence-electron chi connectivity index (χ1n) is 5.87. The molecule has 1 aromatic carbocycles. The Hall–Kier alpha value is -1.55. The van der Waals surface area contributed by atoms with E-state index in [1.54, 1.807) is 0 Å². The molecule has 1 fully saturated rings. The minimum absolute atomic E-state index is 0.394. The minimum atomic E-state index is 0.394. The molecule has 3 nitrogen and oxygen atoms in total. The van der Waals surface area contributed by atoms with Crippen molar-refractivity contribution in [2.45, 2.75) is 18.9 Å². The highest BCUT2D eigenvalue weighted by Crippen LogP contribution is 2.36. The summed E-state index contributed by atoms with van der Waals surface area (Å²) in [7, 11) is 0. The number of hydrogen-bond acceptors (Lipinski definition) is 4. The van der Waals surface area contributed by atoms with E-state index in [9.17, 15) is 0 Å². The molecule has 0 amide bonds. The highest BCUT2D eigenvalue weighted by molar-refractivity contribution is 7.13. The van der Waals surface area contributed by atoms with Crippen molar-refractivity contribution >= 4 is 22.2 Å². The number of anilines is 2. The lowest BCUT2D eigenvalue weighted by atomic mass is 10.1. The lowest BCUT2D eigenvalue weighted by Gasteiger charge is -2.25. The van der Waals surface area contributed by atoms with Gasteiger partial charge in [0.2, 0.25) is 0 Å². The van der Waals surface area contributed by atoms with Crippen LogP contribution in [0.2, 0.25) is 0 Å². The topological polar surface area (TPSA) is 42.1 Å². The second kappa shape index (κ2) is 4.37. The van der Waals surface area contributed by atoms with Gasteiger partial charge in [0.1, 0.15) is 0 Å². The second-order valence-electron chi connectivity index (χ2n) is 4.30. The predicted octanol–water partition coefficient (Wildman–Crippen LogP) is 3.07. The minimum Gasteiger partial charge on any atom is -0.375 e. The number of rotatable bonds is 2. The summed E-state index contributed by atoms with van der Waals surface area (Å²) in [5, 5.41) is 2.75. The van der Waals surface area contributed by atoms with E-state index < -0.39 is 0 Å². The predicted molar refractivity (Wildman–Crippen MR) is 72.3 cm³/mol. The molecular weight excluding hydrogens is 230 g/mol. The van der Waals surface area contributed by atoms with Crippen molar-refractivity contribution in [3.63, 3.8) is 0 Å². The summed E-state index contributed by atoms with van der Waals surface area (Å²) in [5.74, 6) is 0. The van der Waals surface area contributed by atoms with Crippen molar-refractivity contribution in [3.05, 3.63) is 41.4 Å². The van der Waals surface area contributed by atoms with Crippen LogP contribution in [-0.2, 0) is 0 Å². The Morgan fingerprint density at radius 3 is 2.82 bits per heavy atom. The highest BCUT2D eigenvalue weighted by Gasteiger charge is 2.27. The zero-order valence-corrected chi connectivity index (χ0v) is 10.4. The third-order valence-electron chi connectivity index (χ3n) is 3.22. The number of benzene rings is 1. The molecule has 0 bridgehead atoms. The van der Waals surface area contributed by atoms with Gasteiger partial charge in [-0.25, -0.2) is 4.98 Å². The van der Waals surface area contributed by atoms with Crippen LogP contribution >= 0.6 is 11.3 Å². The van der Waals surface area contributed by atoms with Gasteiger partial charge >= 0.3 is 0 Å². The van der Waals surface area contributed by atoms with E-state index in [0.29, 0.717) is 11.2 Å². The first-order valence-corrected chi connectivity index (χ1v) is 6.75. The Morgan fingerprint density at radius 1 is 1.29 bits per heavy atom. The standard InChI is InChI=1S/C13H15N3S/c14-13-15-11(9-17-13)12-7-4-8-16(12)10-5-2-1-3-6-10/h1-3,5-6,9,12H,4,7-8H2,(H2,14,15)/t12-/m0/s1. The van der Waals surface area contributed by atoms with Gasteiger partial charge in [0.25, 0.3) is 0 Å². The number of aromatic nitrogens is 1. The summed E-state index contributed by atoms with van der Waals surface area (Å²) in [5.41, 5.74) is 8.12. The average molecular weight is 245 g/mol. The Bertz CT molecular complexity index is 494. The Labute approximate surface area is 105 Å². The van der Waals surface area contributed by atoms with E-state index in [0.717, 1.165) is 18.7 Å². The quantitative estimate of drug-likeness (QED) is 0.884. The SMILES string of the molecule is Nc1nc([C@@H]2CCCN2c2ccccc2)cs1. The van der Waals surface area contributed by atoms with E-state index in [1.807, 2.05) is 0 Å². The van der Waals surface area contributed by atoms with Gasteiger partial charge in [-0.2, -0.15) is 0 Å². The number of hydrogen-bond donors (Lipinski definition) is 1. The van der Waals surface area contributed by atoms with Crippen LogP contribution in [0.1, 0.15) is 24.6 Å². The maximum Gasteiger partial charge on any atom is 0.180 e. The molecule has 1 saturated heterocycles. The summed E-state index contributed by atoms with van der Waals surface area (Å²) in [4.78, 5) is 6.85. The fourth-order valence-electron chi connectivity index (χ4n) is 2.46. The van der Waals surface area contributed by atoms with Crippen LogP contribution < -0.4 is 10.6 Å². The zero-order chi connectivity index (χ0) is 11.7. The molecule has 0 saturated carbocycles. The molecule has 2 N–H and O–H groups in total. The molecule has 3 rings (SSSR count). The van der Waals surface area contributed by atoms with Crippen LogP contribution in [0, 0.1) is 0 Å². The summed E-state index contributed by atoms with van der Waals surface area (Å²) in [6.45, 7) is 1.10. The van der Waals surface area contributed by atoms with Gasteiger partial charge in [0.15, 0.2) is 5.13 Å². The van der Waals surface area contributed by atoms with Crippen LogP contribution in [0.25, 0.3) is 0 Å². The van der Waals surface area contributed by atoms with Crippen LogP contribution in [0.3, 0.4) is 0 Å². The molecule has 0 unspecified atom stereocenters. The molecule has 0 radical (unpaired) electrons. The van der Waals surface area contributed by atoms with Crippen LogP contribution in [0.4, 0.5) is 10.8 Å². The molecule has 0 aliphatic carbocycles. The monoisotopic (exact) mass is 245 g/mol. The molecule has 1 aliphatic rings. The third kappa shape index (κ3) is 2.00. The third-order valence-corrected chi connectivity index (χ3v) is 3.91. The van der Waals surface area contributed by atoms with E-state index in [4.69, 9.17) is 5.73 Å². The first-order chi connectivity index (χ1) is 8.34. The number of nitrogens with two attached hydrogens (primary N) is 1. The number of nitrogens with zero attached hydrogens (tertiary/aromatic N) is 2. The number of nitrogen functional groups attached to an aromatic ring is 1. The summed E-state index contributed by atoms with van der Waals surface area (Å²) in [6.07, 6.45) is 2.38. The van der Waals surface area contributed by atoms with Crippen LogP contribution in [0.5, 0.6) is 0 Å². The van der Waals surface area contributed by atoms with E-state index >= 15 is 0 Å². The van der Waals surface area contributed by atoms with Crippen molar-refractivity contribution in [1.29, 1.82) is 0 Å². The van der Waals surface area contributed by atoms with Crippen molar-refractivity contribution < 1.29 is 0 Å². The van der Waals surface area contributed by atoms with E-state index in [2.05, 4.69) is 45.6 Å². The van der Waals surface area contributed by atoms with E-state index in [1.165, 1.54) is 23.4 Å². The van der Waals surface area contributed by atoms with Gasteiger partial charge in [-0.05, 0) is 25.0 Å². The first kappa shape index (κ1) is 10.6. The smallest absolute Gasteiger partial charge is 0.180 e. The van der Waals surface area contributed by atoms with Crippen LogP contribution in [0.15, 0.2) is 35.7 Å². The van der Waals surface area contributed by atoms with Crippen LogP contribution in [-0.4, -0.2) is 11.5 Å². The lowest BCUT2D eigenvalue weighted by molar-refractivity contribution is 0.701. The van der Waals surface area contributed by atoms with Gasteiger partial charge in [-0.1, -0.05) is 18.2 Å². The molecule has 2 heterocycles. The lowest BCUT2D eigenvalue weighted by Crippen LogP contribution is -2.22. The molecule has 4 heteroatoms. The molecule has 1 aromatic heterocycles. The Balaban J connectivity index is 1.90. The summed E-state index contributed by atoms with van der Waals surface area (Å²) < 4.78 is 0. The number of para-hydroxylation sites is 1. The zero-order valence-electron chi connectivity index (χ0n) is 9.54. The largest absolute Gasteiger partial charge is 0.375 e. The fourth-order valence-corrected chi connectivity index (χ4v) is 3.07. The second-order valence-corrected chi connectivity index (χ2v) is 5.19. The molecule has 1 atom stereocenters. The van der Waals surface area contributed by atoms with E-state index in [-0.39, 0.29) is 0 Å². The van der Waals surface area contributed by atoms with Gasteiger partial charge in [0, 0.05) is 17.6 Å². The summed E-state index contributed by atoms with van der Waals surface area (Å²) in [6, 6.07) is 10.9. The Morgan fingerprint density at radius 2 is 2.12 bits per heavy atom. The molecule has 2 aromatic rings. The Kier molecular flexibility index (Phi) is 2.73. The van der Waals surface area contributed by atoms with Crippen molar-refractivity contribution in [1.82, 2.24) is 4.98 Å². The van der Waals surface area contributed by atoms with Crippen molar-refractivity contribution in [2.75, 3.05) is 17.2 Å². The maximum atomic E-state index is 5.72. The average Bonchev–Trinajstić information content (AvgIpc) is 2.98. The molecule has 88 valence electrons. The van der Waals surface area contributed by atoms with Gasteiger partial charge < -0.3 is 10.6 Å². The van der Waals surface area contributed by atoms with Gasteiger partial charge in [0.05, 0.1) is 11.7 Å². The number of thiazole rings is 1. The summed E-state index contributed by atoms with van der Waals surface area (Å²) >= 11 is 1.53. The molecule has 1 aliphatic heterocycles. The van der Waals surface area contributed by atoms with Gasteiger partial charge in [-0.15, -0.1) is 11.3 Å². The van der Waals surface area contributed by atoms with Crippen molar-refractivity contribution in [3.8, 4) is 0 Å². The molecule has 17 heavy (non-hydrogen) atoms. The maximum absolute atomic E-state index is 5.72. The van der Waals surface area contributed by atoms with Crippen molar-refractivity contribution in [2.24, 2.45) is 0 Å². The van der Waals surface area contributed by atoms with Gasteiger partial charge in [-0.3, -0.25) is 0 Å². The highest BCUT2D eigenvalue weighted by atomic mass is 32.1. The molecular formula is C13H15N3S. The molecule has 0 spiro atoms. The normalized spacial score (nSPS) is 19.8. The fraction of sp³-hybridized carbons (Fsp3) is 0.308.